The van der Waals surface area contributed by atoms with E-state index in [1.807, 2.05) is 17.5 Å². The summed E-state index contributed by atoms with van der Waals surface area (Å²) in [6.45, 7) is 8.76. The van der Waals surface area contributed by atoms with Gasteiger partial charge in [-0.2, -0.15) is 0 Å². The average molecular weight is 305 g/mol. The first-order chi connectivity index (χ1) is 10.3. The maximum absolute atomic E-state index is 4.56. The van der Waals surface area contributed by atoms with Crippen molar-refractivity contribution in [2.24, 2.45) is 0 Å². The Morgan fingerprint density at radius 2 is 2.10 bits per heavy atom. The monoisotopic (exact) mass is 305 g/mol. The topological polar surface area (TPSA) is 29.9 Å². The fraction of sp³-hybridized carbons (Fsp3) is 0.588. The molecule has 0 amide bonds. The number of hydrogen-bond donors (Lipinski definition) is 1. The number of aryl methyl sites for hydroxylation is 2. The predicted octanol–water partition coefficient (Wildman–Crippen LogP) is 4.20. The minimum atomic E-state index is 0.383. The van der Waals surface area contributed by atoms with Gasteiger partial charge in [0.05, 0.1) is 0 Å². The fourth-order valence-corrected chi connectivity index (χ4v) is 3.55. The van der Waals surface area contributed by atoms with E-state index in [0.717, 1.165) is 38.8 Å². The van der Waals surface area contributed by atoms with Gasteiger partial charge in [0, 0.05) is 41.2 Å². The van der Waals surface area contributed by atoms with Gasteiger partial charge in [-0.1, -0.05) is 20.8 Å². The summed E-state index contributed by atoms with van der Waals surface area (Å²) in [4.78, 5) is 7.46. The first kappa shape index (κ1) is 16.2. The standard InChI is InChI=1S/C17H27N3S/c1-4-9-18-15(16-8-7-14(6-3)21-16)13-17-19-10-12-20(17)11-5-2/h7-8,10,12,15,18H,4-6,9,11,13H2,1-3H3. The van der Waals surface area contributed by atoms with Crippen LogP contribution in [0.3, 0.4) is 0 Å². The molecule has 1 N–H and O–H groups in total. The molecule has 0 radical (unpaired) electrons. The second-order valence-electron chi connectivity index (χ2n) is 5.41. The Balaban J connectivity index is 2.13. The van der Waals surface area contributed by atoms with Crippen LogP contribution < -0.4 is 5.32 Å². The highest BCUT2D eigenvalue weighted by Gasteiger charge is 2.16. The van der Waals surface area contributed by atoms with Crippen molar-refractivity contribution >= 4 is 11.3 Å². The van der Waals surface area contributed by atoms with Crippen LogP contribution in [-0.4, -0.2) is 16.1 Å². The molecule has 2 rings (SSSR count). The van der Waals surface area contributed by atoms with E-state index in [2.05, 4.69) is 54.0 Å². The van der Waals surface area contributed by atoms with Crippen LogP contribution in [0, 0.1) is 0 Å². The van der Waals surface area contributed by atoms with Crippen molar-refractivity contribution in [1.82, 2.24) is 14.9 Å². The van der Waals surface area contributed by atoms with E-state index in [4.69, 9.17) is 0 Å². The summed E-state index contributed by atoms with van der Waals surface area (Å²) < 4.78 is 2.29. The smallest absolute Gasteiger partial charge is 0.110 e. The molecule has 2 heterocycles. The van der Waals surface area contributed by atoms with Crippen LogP contribution in [0.4, 0.5) is 0 Å². The second-order valence-corrected chi connectivity index (χ2v) is 6.61. The number of aromatic nitrogens is 2. The summed E-state index contributed by atoms with van der Waals surface area (Å²) in [5.41, 5.74) is 0. The van der Waals surface area contributed by atoms with Crippen LogP contribution in [0.5, 0.6) is 0 Å². The third-order valence-corrected chi connectivity index (χ3v) is 5.01. The van der Waals surface area contributed by atoms with E-state index in [-0.39, 0.29) is 0 Å². The van der Waals surface area contributed by atoms with Gasteiger partial charge in [0.2, 0.25) is 0 Å². The highest BCUT2D eigenvalue weighted by atomic mass is 32.1. The third-order valence-electron chi connectivity index (χ3n) is 3.67. The Kier molecular flexibility index (Phi) is 6.46. The van der Waals surface area contributed by atoms with Gasteiger partial charge in [0.25, 0.3) is 0 Å². The molecule has 0 aliphatic heterocycles. The zero-order valence-corrected chi connectivity index (χ0v) is 14.2. The first-order valence-electron chi connectivity index (χ1n) is 8.10. The summed E-state index contributed by atoms with van der Waals surface area (Å²) in [6, 6.07) is 4.93. The molecule has 0 fully saturated rings. The number of thiophene rings is 1. The fourth-order valence-electron chi connectivity index (χ4n) is 2.52. The molecule has 1 atom stereocenters. The molecule has 0 saturated carbocycles. The van der Waals surface area contributed by atoms with Gasteiger partial charge in [0.15, 0.2) is 0 Å². The Bertz CT molecular complexity index is 530. The van der Waals surface area contributed by atoms with Crippen molar-refractivity contribution in [2.75, 3.05) is 6.54 Å². The number of nitrogens with zero attached hydrogens (tertiary/aromatic N) is 2. The van der Waals surface area contributed by atoms with Crippen LogP contribution in [0.2, 0.25) is 0 Å². The van der Waals surface area contributed by atoms with Crippen LogP contribution in [0.15, 0.2) is 24.5 Å². The largest absolute Gasteiger partial charge is 0.335 e. The van der Waals surface area contributed by atoms with Gasteiger partial charge in [0.1, 0.15) is 5.82 Å². The SMILES string of the molecule is CCCNC(Cc1nccn1CCC)c1ccc(CC)s1. The molecule has 0 spiro atoms. The Hall–Kier alpha value is -1.13. The summed E-state index contributed by atoms with van der Waals surface area (Å²) in [7, 11) is 0. The van der Waals surface area contributed by atoms with Crippen molar-refractivity contribution in [3.05, 3.63) is 40.1 Å². The molecule has 2 aromatic rings. The Labute approximate surface area is 132 Å². The van der Waals surface area contributed by atoms with Crippen LogP contribution >= 0.6 is 11.3 Å². The lowest BCUT2D eigenvalue weighted by Crippen LogP contribution is -2.24. The van der Waals surface area contributed by atoms with Crippen molar-refractivity contribution in [3.63, 3.8) is 0 Å². The lowest BCUT2D eigenvalue weighted by molar-refractivity contribution is 0.508. The van der Waals surface area contributed by atoms with Crippen molar-refractivity contribution < 1.29 is 0 Å². The van der Waals surface area contributed by atoms with E-state index in [1.54, 1.807) is 0 Å². The van der Waals surface area contributed by atoms with Crippen molar-refractivity contribution in [1.29, 1.82) is 0 Å². The number of rotatable bonds is 9. The molecule has 1 unspecified atom stereocenters. The molecule has 4 heteroatoms. The quantitative estimate of drug-likeness (QED) is 0.752. The van der Waals surface area contributed by atoms with Crippen LogP contribution in [-0.2, 0) is 19.4 Å². The zero-order valence-electron chi connectivity index (χ0n) is 13.4. The number of imidazole rings is 1. The molecule has 0 aromatic carbocycles. The first-order valence-corrected chi connectivity index (χ1v) is 8.92. The molecule has 21 heavy (non-hydrogen) atoms. The minimum Gasteiger partial charge on any atom is -0.335 e. The van der Waals surface area contributed by atoms with Crippen LogP contribution in [0.25, 0.3) is 0 Å². The Morgan fingerprint density at radius 3 is 2.76 bits per heavy atom. The van der Waals surface area contributed by atoms with Gasteiger partial charge < -0.3 is 9.88 Å². The normalized spacial score (nSPS) is 12.7. The lowest BCUT2D eigenvalue weighted by atomic mass is 10.1. The zero-order chi connectivity index (χ0) is 15.1. The number of hydrogen-bond acceptors (Lipinski definition) is 3. The highest BCUT2D eigenvalue weighted by Crippen LogP contribution is 2.26. The van der Waals surface area contributed by atoms with E-state index in [1.165, 1.54) is 15.6 Å². The van der Waals surface area contributed by atoms with E-state index >= 15 is 0 Å². The summed E-state index contributed by atoms with van der Waals surface area (Å²) in [5, 5.41) is 3.69. The molecule has 0 bridgehead atoms. The molecule has 0 aliphatic carbocycles. The molecule has 2 aromatic heterocycles. The van der Waals surface area contributed by atoms with Gasteiger partial charge in [-0.3, -0.25) is 0 Å². The molecule has 0 aliphatic rings. The van der Waals surface area contributed by atoms with Gasteiger partial charge in [-0.15, -0.1) is 11.3 Å². The second kappa shape index (κ2) is 8.35. The average Bonchev–Trinajstić information content (AvgIpc) is 3.13. The molecular formula is C17H27N3S. The Morgan fingerprint density at radius 1 is 1.24 bits per heavy atom. The van der Waals surface area contributed by atoms with Crippen molar-refractivity contribution in [3.8, 4) is 0 Å². The van der Waals surface area contributed by atoms with Gasteiger partial charge >= 0.3 is 0 Å². The van der Waals surface area contributed by atoms with Crippen LogP contribution in [0.1, 0.15) is 55.2 Å². The van der Waals surface area contributed by atoms with E-state index in [9.17, 15) is 0 Å². The van der Waals surface area contributed by atoms with Gasteiger partial charge in [-0.25, -0.2) is 4.98 Å². The third kappa shape index (κ3) is 4.42. The van der Waals surface area contributed by atoms with Gasteiger partial charge in [-0.05, 0) is 37.9 Å². The van der Waals surface area contributed by atoms with E-state index < -0.39 is 0 Å². The summed E-state index contributed by atoms with van der Waals surface area (Å²) in [6.07, 6.45) is 8.42. The van der Waals surface area contributed by atoms with E-state index in [0.29, 0.717) is 6.04 Å². The molecule has 116 valence electrons. The number of nitrogens with one attached hydrogen (secondary N) is 1. The molecule has 3 nitrogen and oxygen atoms in total. The predicted molar refractivity (Wildman–Crippen MR) is 91.0 cm³/mol. The highest BCUT2D eigenvalue weighted by molar-refractivity contribution is 7.12. The minimum absolute atomic E-state index is 0.383. The maximum Gasteiger partial charge on any atom is 0.110 e. The summed E-state index contributed by atoms with van der Waals surface area (Å²) >= 11 is 1.93. The van der Waals surface area contributed by atoms with Crippen molar-refractivity contribution in [2.45, 2.75) is 59.0 Å². The summed E-state index contributed by atoms with van der Waals surface area (Å²) in [5.74, 6) is 1.19. The molecule has 0 saturated heterocycles. The maximum atomic E-state index is 4.56. The molecular weight excluding hydrogens is 278 g/mol. The lowest BCUT2D eigenvalue weighted by Gasteiger charge is -2.17.